The maximum Gasteiger partial charge on any atom is 0.248 e. The van der Waals surface area contributed by atoms with Gasteiger partial charge in [-0.05, 0) is 24.3 Å². The van der Waals surface area contributed by atoms with Gasteiger partial charge >= 0.3 is 0 Å². The van der Waals surface area contributed by atoms with E-state index in [-0.39, 0.29) is 17.1 Å². The molecule has 0 aromatic heterocycles. The van der Waals surface area contributed by atoms with Gasteiger partial charge in [-0.2, -0.15) is 0 Å². The molecular formula is C16H27NO4. The number of aliphatic hydroxyl groups excluding tert-OH is 1. The minimum absolute atomic E-state index is 0.145. The van der Waals surface area contributed by atoms with Crippen molar-refractivity contribution >= 4 is 11.7 Å². The molecule has 0 spiro atoms. The van der Waals surface area contributed by atoms with E-state index in [0.29, 0.717) is 19.4 Å². The number of unbranched alkanes of at least 4 members (excludes halogenated alkanes) is 1. The van der Waals surface area contributed by atoms with Gasteiger partial charge < -0.3 is 14.7 Å². The highest BCUT2D eigenvalue weighted by Crippen LogP contribution is 2.23. The summed E-state index contributed by atoms with van der Waals surface area (Å²) in [7, 11) is 1.70. The molecule has 0 aromatic rings. The Morgan fingerprint density at radius 2 is 2.10 bits per heavy atom. The lowest BCUT2D eigenvalue weighted by Crippen LogP contribution is -2.35. The highest BCUT2D eigenvalue weighted by atomic mass is 16.5. The van der Waals surface area contributed by atoms with Crippen LogP contribution in [0.2, 0.25) is 0 Å². The Kier molecular flexibility index (Phi) is 7.05. The lowest BCUT2D eigenvalue weighted by atomic mass is 9.87. The van der Waals surface area contributed by atoms with E-state index in [2.05, 4.69) is 13.8 Å². The topological polar surface area (TPSA) is 66.8 Å². The van der Waals surface area contributed by atoms with Gasteiger partial charge in [0.1, 0.15) is 12.0 Å². The van der Waals surface area contributed by atoms with Gasteiger partial charge in [-0.25, -0.2) is 0 Å². The van der Waals surface area contributed by atoms with Crippen LogP contribution in [0.5, 0.6) is 0 Å². The summed E-state index contributed by atoms with van der Waals surface area (Å²) in [5.41, 5.74) is 0.148. The molecule has 0 saturated carbocycles. The zero-order chi connectivity index (χ0) is 15.9. The molecule has 0 fully saturated rings. The van der Waals surface area contributed by atoms with Crippen molar-refractivity contribution in [3.8, 4) is 0 Å². The number of rotatable bonds is 10. The summed E-state index contributed by atoms with van der Waals surface area (Å²) in [4.78, 5) is 24.5. The first-order valence-electron chi connectivity index (χ1n) is 7.53. The fraction of sp³-hybridized carbons (Fsp3) is 0.750. The van der Waals surface area contributed by atoms with Gasteiger partial charge in [0.15, 0.2) is 0 Å². The second-order valence-corrected chi connectivity index (χ2v) is 6.40. The first kappa shape index (κ1) is 17.9. The molecule has 21 heavy (non-hydrogen) atoms. The van der Waals surface area contributed by atoms with E-state index in [0.717, 1.165) is 25.9 Å². The van der Waals surface area contributed by atoms with Crippen molar-refractivity contribution in [3.05, 3.63) is 12.2 Å². The highest BCUT2D eigenvalue weighted by Gasteiger charge is 2.23. The molecule has 1 N–H and O–H groups in total. The number of carbonyl (C=O) groups excluding carboxylic acids is 2. The Balaban J connectivity index is 2.13. The van der Waals surface area contributed by atoms with Crippen LogP contribution >= 0.6 is 0 Å². The molecule has 0 aliphatic carbocycles. The maximum atomic E-state index is 11.8. The van der Waals surface area contributed by atoms with Crippen LogP contribution in [-0.2, 0) is 14.3 Å². The van der Waals surface area contributed by atoms with Gasteiger partial charge in [-0.3, -0.25) is 9.59 Å². The minimum Gasteiger partial charge on any atom is -0.384 e. The predicted octanol–water partition coefficient (Wildman–Crippen LogP) is 1.90. The minimum atomic E-state index is -0.875. The van der Waals surface area contributed by atoms with Crippen LogP contribution < -0.4 is 0 Å². The van der Waals surface area contributed by atoms with Crippen LogP contribution in [0.1, 0.15) is 46.0 Å². The molecule has 1 aliphatic heterocycles. The van der Waals surface area contributed by atoms with E-state index in [1.165, 1.54) is 17.1 Å². The van der Waals surface area contributed by atoms with E-state index in [9.17, 15) is 14.7 Å². The third-order valence-corrected chi connectivity index (χ3v) is 3.74. The fourth-order valence-corrected chi connectivity index (χ4v) is 2.50. The second kappa shape index (κ2) is 8.29. The molecule has 5 heteroatoms. The van der Waals surface area contributed by atoms with E-state index in [4.69, 9.17) is 4.74 Å². The smallest absolute Gasteiger partial charge is 0.248 e. The van der Waals surface area contributed by atoms with Crippen molar-refractivity contribution in [2.45, 2.75) is 52.2 Å². The summed E-state index contributed by atoms with van der Waals surface area (Å²) in [6.45, 7) is 5.33. The van der Waals surface area contributed by atoms with Crippen molar-refractivity contribution in [2.24, 2.45) is 5.41 Å². The van der Waals surface area contributed by atoms with Crippen LogP contribution in [0, 0.1) is 5.41 Å². The second-order valence-electron chi connectivity index (χ2n) is 6.40. The van der Waals surface area contributed by atoms with E-state index in [1.54, 1.807) is 7.11 Å². The van der Waals surface area contributed by atoms with Crippen LogP contribution in [-0.4, -0.2) is 48.2 Å². The van der Waals surface area contributed by atoms with Crippen molar-refractivity contribution in [1.82, 2.24) is 4.90 Å². The first-order chi connectivity index (χ1) is 9.85. The lowest BCUT2D eigenvalue weighted by Gasteiger charge is -2.23. The molecule has 1 heterocycles. The zero-order valence-electron chi connectivity index (χ0n) is 13.3. The quantitative estimate of drug-likeness (QED) is 0.625. The van der Waals surface area contributed by atoms with Gasteiger partial charge in [0.25, 0.3) is 0 Å². The number of nitrogens with zero attached hydrogens (tertiary/aromatic N) is 1. The van der Waals surface area contributed by atoms with Crippen LogP contribution in [0.25, 0.3) is 0 Å². The molecule has 1 unspecified atom stereocenters. The van der Waals surface area contributed by atoms with E-state index in [1.807, 2.05) is 0 Å². The van der Waals surface area contributed by atoms with Gasteiger partial charge in [0.2, 0.25) is 5.91 Å². The molecular weight excluding hydrogens is 270 g/mol. The number of carbonyl (C=O) groups is 2. The molecule has 1 rings (SSSR count). The summed E-state index contributed by atoms with van der Waals surface area (Å²) in [5.74, 6) is -0.0805. The number of hydrogen-bond acceptors (Lipinski definition) is 4. The number of amides is 1. The van der Waals surface area contributed by atoms with Gasteiger partial charge in [0, 0.05) is 32.6 Å². The normalized spacial score (nSPS) is 18.6. The molecule has 0 saturated heterocycles. The average Bonchev–Trinajstić information content (AvgIpc) is 2.72. The Labute approximate surface area is 127 Å². The molecule has 0 bridgehead atoms. The van der Waals surface area contributed by atoms with Crippen molar-refractivity contribution in [1.29, 1.82) is 0 Å². The number of methoxy groups -OCH3 is 1. The number of ether oxygens (including phenoxy) is 1. The van der Waals surface area contributed by atoms with Gasteiger partial charge in [-0.15, -0.1) is 0 Å². The summed E-state index contributed by atoms with van der Waals surface area (Å²) in [6, 6.07) is 0. The van der Waals surface area contributed by atoms with Crippen molar-refractivity contribution in [3.63, 3.8) is 0 Å². The Morgan fingerprint density at radius 1 is 1.38 bits per heavy atom. The summed E-state index contributed by atoms with van der Waals surface area (Å²) in [5, 5.41) is 9.52. The summed E-state index contributed by atoms with van der Waals surface area (Å²) in [6.07, 6.45) is 5.63. The monoisotopic (exact) mass is 297 g/mol. The van der Waals surface area contributed by atoms with Gasteiger partial charge in [0.05, 0.1) is 6.61 Å². The van der Waals surface area contributed by atoms with Crippen LogP contribution in [0.4, 0.5) is 0 Å². The largest absolute Gasteiger partial charge is 0.384 e. The van der Waals surface area contributed by atoms with E-state index >= 15 is 0 Å². The molecule has 1 aliphatic rings. The van der Waals surface area contributed by atoms with Crippen LogP contribution in [0.3, 0.4) is 0 Å². The zero-order valence-corrected chi connectivity index (χ0v) is 13.3. The predicted molar refractivity (Wildman–Crippen MR) is 80.6 cm³/mol. The standard InChI is InChI=1S/C16H27NO4/c1-16(2,12-21-3)10-5-4-6-13(18)9-11-17-14(19)7-8-15(17)20/h7-8,14,19H,4-6,9-12H2,1-3H3. The first-order valence-corrected chi connectivity index (χ1v) is 7.53. The molecule has 120 valence electrons. The number of aliphatic hydroxyl groups is 1. The number of ketones is 1. The third kappa shape index (κ3) is 6.40. The molecule has 1 atom stereocenters. The molecule has 0 aromatic carbocycles. The fourth-order valence-electron chi connectivity index (χ4n) is 2.50. The van der Waals surface area contributed by atoms with Crippen LogP contribution in [0.15, 0.2) is 12.2 Å². The molecule has 1 amide bonds. The molecule has 0 radical (unpaired) electrons. The average molecular weight is 297 g/mol. The third-order valence-electron chi connectivity index (χ3n) is 3.74. The number of hydrogen-bond donors (Lipinski definition) is 1. The summed E-state index contributed by atoms with van der Waals surface area (Å²) >= 11 is 0. The Bertz CT molecular complexity index is 390. The lowest BCUT2D eigenvalue weighted by molar-refractivity contribution is -0.131. The van der Waals surface area contributed by atoms with E-state index < -0.39 is 6.23 Å². The Hall–Kier alpha value is -1.20. The van der Waals surface area contributed by atoms with Crippen molar-refractivity contribution < 1.29 is 19.4 Å². The molecule has 5 nitrogen and oxygen atoms in total. The number of Topliss-reactive ketones (excluding diaryl/α,β-unsaturated/α-hetero) is 1. The highest BCUT2D eigenvalue weighted by molar-refractivity contribution is 5.90. The maximum absolute atomic E-state index is 11.8. The Morgan fingerprint density at radius 3 is 2.67 bits per heavy atom. The SMILES string of the molecule is COCC(C)(C)CCCCC(=O)CCN1C(=O)C=CC1O. The van der Waals surface area contributed by atoms with Crippen molar-refractivity contribution in [2.75, 3.05) is 20.3 Å². The van der Waals surface area contributed by atoms with Gasteiger partial charge in [-0.1, -0.05) is 20.3 Å². The summed E-state index contributed by atoms with van der Waals surface area (Å²) < 4.78 is 5.17.